The van der Waals surface area contributed by atoms with Crippen LogP contribution < -0.4 is 0 Å². The lowest BCUT2D eigenvalue weighted by Crippen LogP contribution is -1.90. The third-order valence-electron chi connectivity index (χ3n) is 3.19. The number of halogens is 1. The van der Waals surface area contributed by atoms with E-state index in [0.717, 1.165) is 21.2 Å². The third kappa shape index (κ3) is 3.13. The summed E-state index contributed by atoms with van der Waals surface area (Å²) in [5.41, 5.74) is 2.70. The lowest BCUT2D eigenvalue weighted by atomic mass is 10.1. The van der Waals surface area contributed by atoms with Gasteiger partial charge < -0.3 is 9.63 Å². The second-order valence-corrected chi connectivity index (χ2v) is 5.74. The first-order valence-electron chi connectivity index (χ1n) is 6.49. The smallest absolute Gasteiger partial charge is 0.257 e. The van der Waals surface area contributed by atoms with E-state index in [4.69, 9.17) is 4.52 Å². The molecule has 3 rings (SSSR count). The Morgan fingerprint density at radius 2 is 1.90 bits per heavy atom. The van der Waals surface area contributed by atoms with Crippen LogP contribution in [0.4, 0.5) is 0 Å². The molecule has 1 heterocycles. The van der Waals surface area contributed by atoms with Crippen LogP contribution in [0.5, 0.6) is 5.75 Å². The van der Waals surface area contributed by atoms with Crippen molar-refractivity contribution in [2.24, 2.45) is 0 Å². The molecule has 21 heavy (non-hydrogen) atoms. The van der Waals surface area contributed by atoms with E-state index >= 15 is 0 Å². The van der Waals surface area contributed by atoms with Gasteiger partial charge in [-0.3, -0.25) is 0 Å². The van der Waals surface area contributed by atoms with Crippen molar-refractivity contribution >= 4 is 15.9 Å². The number of aryl methyl sites for hydroxylation is 1. The van der Waals surface area contributed by atoms with Gasteiger partial charge in [0.05, 0.1) is 0 Å². The summed E-state index contributed by atoms with van der Waals surface area (Å²) in [4.78, 5) is 4.40. The molecule has 3 aromatic rings. The molecule has 0 aliphatic rings. The average molecular weight is 345 g/mol. The van der Waals surface area contributed by atoms with E-state index in [-0.39, 0.29) is 5.75 Å². The fourth-order valence-electron chi connectivity index (χ4n) is 2.02. The number of benzene rings is 2. The summed E-state index contributed by atoms with van der Waals surface area (Å²) in [7, 11) is 0. The van der Waals surface area contributed by atoms with Crippen molar-refractivity contribution in [3.63, 3.8) is 0 Å². The minimum atomic E-state index is 0.258. The molecule has 1 aromatic heterocycles. The fourth-order valence-corrected chi connectivity index (χ4v) is 2.28. The van der Waals surface area contributed by atoms with Gasteiger partial charge in [-0.1, -0.05) is 33.2 Å². The molecular formula is C16H13BrN2O2. The highest BCUT2D eigenvalue weighted by atomic mass is 79.9. The van der Waals surface area contributed by atoms with Crippen LogP contribution in [0.1, 0.15) is 17.0 Å². The van der Waals surface area contributed by atoms with E-state index < -0.39 is 0 Å². The minimum Gasteiger partial charge on any atom is -0.508 e. The lowest BCUT2D eigenvalue weighted by molar-refractivity contribution is 0.423. The van der Waals surface area contributed by atoms with Crippen molar-refractivity contribution in [1.29, 1.82) is 0 Å². The third-order valence-corrected chi connectivity index (χ3v) is 3.72. The van der Waals surface area contributed by atoms with Gasteiger partial charge in [0.2, 0.25) is 0 Å². The first-order valence-corrected chi connectivity index (χ1v) is 7.28. The molecule has 2 aromatic carbocycles. The molecule has 0 aliphatic heterocycles. The van der Waals surface area contributed by atoms with Crippen molar-refractivity contribution in [2.75, 3.05) is 0 Å². The fraction of sp³-hybridized carbons (Fsp3) is 0.125. The van der Waals surface area contributed by atoms with Crippen molar-refractivity contribution in [3.8, 4) is 17.2 Å². The molecule has 5 heteroatoms. The lowest BCUT2D eigenvalue weighted by Gasteiger charge is -1.99. The predicted octanol–water partition coefficient (Wildman–Crippen LogP) is 4.10. The Hall–Kier alpha value is -2.14. The van der Waals surface area contributed by atoms with Crippen LogP contribution in [-0.4, -0.2) is 15.2 Å². The molecule has 0 amide bonds. The number of aromatic hydroxyl groups is 1. The summed E-state index contributed by atoms with van der Waals surface area (Å²) < 4.78 is 6.33. The summed E-state index contributed by atoms with van der Waals surface area (Å²) in [5, 5.41) is 13.5. The van der Waals surface area contributed by atoms with Crippen LogP contribution >= 0.6 is 15.9 Å². The van der Waals surface area contributed by atoms with E-state index in [1.54, 1.807) is 12.1 Å². The Labute approximate surface area is 130 Å². The molecule has 0 unspecified atom stereocenters. The minimum absolute atomic E-state index is 0.258. The van der Waals surface area contributed by atoms with Gasteiger partial charge in [-0.2, -0.15) is 4.98 Å². The summed E-state index contributed by atoms with van der Waals surface area (Å²) in [6.45, 7) is 1.83. The number of hydrogen-bond donors (Lipinski definition) is 1. The Balaban J connectivity index is 1.82. The van der Waals surface area contributed by atoms with Crippen LogP contribution in [0.3, 0.4) is 0 Å². The van der Waals surface area contributed by atoms with Gasteiger partial charge in [-0.05, 0) is 48.4 Å². The maximum atomic E-state index is 9.54. The molecule has 1 N–H and O–H groups in total. The molecule has 106 valence electrons. The summed E-state index contributed by atoms with van der Waals surface area (Å²) in [5.74, 6) is 1.36. The Morgan fingerprint density at radius 1 is 1.14 bits per heavy atom. The number of hydrogen-bond acceptors (Lipinski definition) is 4. The molecule has 0 spiro atoms. The largest absolute Gasteiger partial charge is 0.508 e. The maximum Gasteiger partial charge on any atom is 0.257 e. The number of nitrogens with zero attached hydrogens (tertiary/aromatic N) is 2. The van der Waals surface area contributed by atoms with Gasteiger partial charge in [-0.25, -0.2) is 0 Å². The normalized spacial score (nSPS) is 10.8. The van der Waals surface area contributed by atoms with E-state index in [2.05, 4.69) is 26.1 Å². The standard InChI is InChI=1S/C16H13BrN2O2/c1-10-8-12(4-7-14(10)20)16-18-15(19-21-16)9-11-2-5-13(17)6-3-11/h2-8,20H,9H2,1H3. The van der Waals surface area contributed by atoms with E-state index in [1.807, 2.05) is 37.3 Å². The first-order chi connectivity index (χ1) is 10.1. The van der Waals surface area contributed by atoms with Gasteiger partial charge in [-0.15, -0.1) is 0 Å². The molecule has 0 saturated carbocycles. The second-order valence-electron chi connectivity index (χ2n) is 4.82. The zero-order valence-electron chi connectivity index (χ0n) is 11.4. The van der Waals surface area contributed by atoms with Crippen molar-refractivity contribution in [3.05, 3.63) is 63.9 Å². The Kier molecular flexibility index (Phi) is 3.75. The first kappa shape index (κ1) is 13.8. The average Bonchev–Trinajstić information content (AvgIpc) is 2.93. The summed E-state index contributed by atoms with van der Waals surface area (Å²) in [6.07, 6.45) is 0.619. The quantitative estimate of drug-likeness (QED) is 0.776. The van der Waals surface area contributed by atoms with Gasteiger partial charge in [0.25, 0.3) is 5.89 Å². The molecule has 0 atom stereocenters. The maximum absolute atomic E-state index is 9.54. The van der Waals surface area contributed by atoms with Crippen LogP contribution in [-0.2, 0) is 6.42 Å². The summed E-state index contributed by atoms with van der Waals surface area (Å²) >= 11 is 3.41. The molecule has 0 radical (unpaired) electrons. The highest BCUT2D eigenvalue weighted by Crippen LogP contribution is 2.24. The van der Waals surface area contributed by atoms with Gasteiger partial charge in [0.1, 0.15) is 5.75 Å². The van der Waals surface area contributed by atoms with Crippen molar-refractivity contribution < 1.29 is 9.63 Å². The zero-order chi connectivity index (χ0) is 14.8. The number of rotatable bonds is 3. The van der Waals surface area contributed by atoms with Gasteiger partial charge in [0.15, 0.2) is 5.82 Å². The predicted molar refractivity (Wildman–Crippen MR) is 83.1 cm³/mol. The van der Waals surface area contributed by atoms with Crippen molar-refractivity contribution in [1.82, 2.24) is 10.1 Å². The number of aromatic nitrogens is 2. The molecule has 4 nitrogen and oxygen atoms in total. The van der Waals surface area contributed by atoms with E-state index in [9.17, 15) is 5.11 Å². The molecule has 0 bridgehead atoms. The second kappa shape index (κ2) is 5.69. The van der Waals surface area contributed by atoms with E-state index in [1.165, 1.54) is 0 Å². The number of phenols is 1. The van der Waals surface area contributed by atoms with Crippen LogP contribution in [0.2, 0.25) is 0 Å². The molecule has 0 fully saturated rings. The molecule has 0 saturated heterocycles. The van der Waals surface area contributed by atoms with Crippen LogP contribution in [0.15, 0.2) is 51.5 Å². The van der Waals surface area contributed by atoms with Gasteiger partial charge >= 0.3 is 0 Å². The van der Waals surface area contributed by atoms with Crippen LogP contribution in [0, 0.1) is 6.92 Å². The van der Waals surface area contributed by atoms with E-state index in [0.29, 0.717) is 18.1 Å². The number of phenolic OH excluding ortho intramolecular Hbond substituents is 1. The topological polar surface area (TPSA) is 59.2 Å². The summed E-state index contributed by atoms with van der Waals surface area (Å²) in [6, 6.07) is 13.2. The Bertz CT molecular complexity index is 766. The monoisotopic (exact) mass is 344 g/mol. The SMILES string of the molecule is Cc1cc(-c2nc(Cc3ccc(Br)cc3)no2)ccc1O. The van der Waals surface area contributed by atoms with Gasteiger partial charge in [0, 0.05) is 16.5 Å². The highest BCUT2D eigenvalue weighted by molar-refractivity contribution is 9.10. The zero-order valence-corrected chi connectivity index (χ0v) is 13.0. The molecule has 0 aliphatic carbocycles. The van der Waals surface area contributed by atoms with Crippen LogP contribution in [0.25, 0.3) is 11.5 Å². The molecular weight excluding hydrogens is 332 g/mol. The van der Waals surface area contributed by atoms with Crippen molar-refractivity contribution in [2.45, 2.75) is 13.3 Å². The highest BCUT2D eigenvalue weighted by Gasteiger charge is 2.10. The Morgan fingerprint density at radius 3 is 2.62 bits per heavy atom.